The van der Waals surface area contributed by atoms with Crippen molar-refractivity contribution >= 4 is 97.4 Å². The molecular weight excluding hydrogens is 1080 g/mol. The summed E-state index contributed by atoms with van der Waals surface area (Å²) in [6, 6.07) is 45.3. The third-order valence-corrected chi connectivity index (χ3v) is 12.3. The van der Waals surface area contributed by atoms with Gasteiger partial charge in [-0.2, -0.15) is 0 Å². The molecular formula is C54H52I2N6O6. The Balaban J connectivity index is 1.14. The van der Waals surface area contributed by atoms with Crippen LogP contribution in [0.4, 0.5) is 48.5 Å². The van der Waals surface area contributed by atoms with Gasteiger partial charge in [-0.1, -0.05) is 57.2 Å². The first kappa shape index (κ1) is 49.1. The summed E-state index contributed by atoms with van der Waals surface area (Å²) in [5.74, 6) is 1.77. The highest BCUT2D eigenvalue weighted by Gasteiger charge is 2.23. The molecule has 0 saturated carbocycles. The molecule has 14 heteroatoms. The van der Waals surface area contributed by atoms with Crippen LogP contribution in [-0.2, 0) is 39.1 Å². The number of hydrogen-bond donors (Lipinski definition) is 6. The smallest absolute Gasteiger partial charge is 0.323 e. The SMILES string of the molecule is CCc1c(COc2cccc(NC(=O)Nc3ccccc3)c2)c(CC)c(COc2cccc(NC(=O)Nc3ccc(I)cc3)c2)c(CC)c1COc1cccc(NC(=O)Nc2ccc(I)cc2)c1. The van der Waals surface area contributed by atoms with Crippen LogP contribution >= 0.6 is 45.2 Å². The fourth-order valence-corrected chi connectivity index (χ4v) is 8.54. The summed E-state index contributed by atoms with van der Waals surface area (Å²) in [5, 5.41) is 17.4. The predicted octanol–water partition coefficient (Wildman–Crippen LogP) is 14.3. The highest BCUT2D eigenvalue weighted by atomic mass is 127. The molecule has 0 unspecified atom stereocenters. The van der Waals surface area contributed by atoms with Crippen molar-refractivity contribution in [1.29, 1.82) is 0 Å². The normalized spacial score (nSPS) is 10.7. The van der Waals surface area contributed by atoms with Crippen molar-refractivity contribution in [1.82, 2.24) is 0 Å². The van der Waals surface area contributed by atoms with Crippen molar-refractivity contribution in [3.8, 4) is 17.2 Å². The zero-order chi connectivity index (χ0) is 47.8. The number of ether oxygens (including phenoxy) is 3. The standard InChI is InChI=1S/C54H52I2N6O6/c1-4-46-49(32-66-43-18-10-15-40(29-43)60-52(63)57-37-13-8-7-9-14-37)47(5-2)51(34-68-45-20-12-17-42(31-45)62-54(65)59-39-27-23-36(56)24-28-39)48(6-3)50(46)33-67-44-19-11-16-41(30-44)61-53(64)58-38-25-21-35(55)22-26-38/h7-31H,4-6,32-34H2,1-3H3,(H2,57,60,63)(H2,58,61,64)(H2,59,62,65). The minimum atomic E-state index is -0.363. The summed E-state index contributed by atoms with van der Waals surface area (Å²) in [5.41, 5.74) is 10.3. The van der Waals surface area contributed by atoms with E-state index in [9.17, 15) is 14.4 Å². The quantitative estimate of drug-likeness (QED) is 0.0471. The van der Waals surface area contributed by atoms with Gasteiger partial charge in [0.15, 0.2) is 0 Å². The van der Waals surface area contributed by atoms with Crippen LogP contribution in [0.5, 0.6) is 17.2 Å². The van der Waals surface area contributed by atoms with Gasteiger partial charge in [-0.25, -0.2) is 14.4 Å². The lowest BCUT2D eigenvalue weighted by Gasteiger charge is -2.26. The molecule has 0 aliphatic carbocycles. The van der Waals surface area contributed by atoms with Crippen LogP contribution < -0.4 is 46.1 Å². The molecule has 0 bridgehead atoms. The van der Waals surface area contributed by atoms with Gasteiger partial charge < -0.3 is 46.1 Å². The number of carbonyl (C=O) groups excluding carboxylic acids is 3. The number of urea groups is 3. The van der Waals surface area contributed by atoms with Crippen LogP contribution in [-0.4, -0.2) is 18.1 Å². The third kappa shape index (κ3) is 13.9. The van der Waals surface area contributed by atoms with Crippen LogP contribution in [0, 0.1) is 7.14 Å². The average Bonchev–Trinajstić information content (AvgIpc) is 3.33. The number of rotatable bonds is 18. The number of carbonyl (C=O) groups is 3. The second-order valence-corrected chi connectivity index (χ2v) is 18.0. The summed E-state index contributed by atoms with van der Waals surface area (Å²) >= 11 is 4.45. The van der Waals surface area contributed by atoms with Gasteiger partial charge in [0.1, 0.15) is 37.1 Å². The Bertz CT molecular complexity index is 2710. The number of nitrogens with one attached hydrogen (secondary N) is 6. The van der Waals surface area contributed by atoms with Gasteiger partial charge in [0.25, 0.3) is 0 Å². The monoisotopic (exact) mass is 1130 g/mol. The molecule has 68 heavy (non-hydrogen) atoms. The highest BCUT2D eigenvalue weighted by Crippen LogP contribution is 2.34. The van der Waals surface area contributed by atoms with Crippen LogP contribution in [0.1, 0.15) is 54.2 Å². The molecule has 0 aliphatic heterocycles. The van der Waals surface area contributed by atoms with E-state index in [0.717, 1.165) is 40.5 Å². The zero-order valence-electron chi connectivity index (χ0n) is 37.9. The molecule has 0 aromatic heterocycles. The highest BCUT2D eigenvalue weighted by molar-refractivity contribution is 14.1. The van der Waals surface area contributed by atoms with Gasteiger partial charge in [0.2, 0.25) is 0 Å². The largest absolute Gasteiger partial charge is 0.489 e. The Hall–Kier alpha value is -6.79. The number of benzene rings is 7. The maximum atomic E-state index is 12.9. The molecule has 6 N–H and O–H groups in total. The van der Waals surface area contributed by atoms with Gasteiger partial charge in [-0.15, -0.1) is 0 Å². The molecule has 0 fully saturated rings. The second kappa shape index (κ2) is 24.3. The second-order valence-electron chi connectivity index (χ2n) is 15.5. The summed E-state index contributed by atoms with van der Waals surface area (Å²) in [6.45, 7) is 7.16. The lowest BCUT2D eigenvalue weighted by molar-refractivity contribution is 0.261. The van der Waals surface area contributed by atoms with Crippen LogP contribution in [0.3, 0.4) is 0 Å². The fraction of sp³-hybridized carbons (Fsp3) is 0.167. The lowest BCUT2D eigenvalue weighted by Crippen LogP contribution is -2.19. The van der Waals surface area contributed by atoms with Gasteiger partial charge in [0.05, 0.1) is 0 Å². The molecule has 7 aromatic rings. The maximum absolute atomic E-state index is 12.9. The molecule has 0 spiro atoms. The molecule has 7 aromatic carbocycles. The summed E-state index contributed by atoms with van der Waals surface area (Å²) < 4.78 is 21.9. The average molecular weight is 1130 g/mol. The Kier molecular flexibility index (Phi) is 17.6. The van der Waals surface area contributed by atoms with E-state index in [1.54, 1.807) is 6.07 Å². The number of para-hydroxylation sites is 1. The minimum absolute atomic E-state index is 0.250. The molecule has 0 radical (unpaired) electrons. The van der Waals surface area contributed by atoms with Crippen LogP contribution in [0.25, 0.3) is 0 Å². The molecule has 6 amide bonds. The van der Waals surface area contributed by atoms with Crippen molar-refractivity contribution in [3.63, 3.8) is 0 Å². The van der Waals surface area contributed by atoms with Crippen molar-refractivity contribution in [3.05, 3.63) is 192 Å². The molecule has 0 saturated heterocycles. The first-order valence-corrected chi connectivity index (χ1v) is 24.4. The number of halogens is 2. The predicted molar refractivity (Wildman–Crippen MR) is 290 cm³/mol. The fourth-order valence-electron chi connectivity index (χ4n) is 7.82. The van der Waals surface area contributed by atoms with Crippen molar-refractivity contribution in [2.75, 3.05) is 31.9 Å². The zero-order valence-corrected chi connectivity index (χ0v) is 42.2. The number of anilines is 6. The summed E-state index contributed by atoms with van der Waals surface area (Å²) in [7, 11) is 0. The van der Waals surface area contributed by atoms with Gasteiger partial charge >= 0.3 is 18.1 Å². The Morgan fingerprint density at radius 3 is 0.941 bits per heavy atom. The van der Waals surface area contributed by atoms with E-state index < -0.39 is 0 Å². The van der Waals surface area contributed by atoms with E-state index in [-0.39, 0.29) is 37.9 Å². The first-order chi connectivity index (χ1) is 33.1. The molecule has 348 valence electrons. The molecule has 0 heterocycles. The van der Waals surface area contributed by atoms with E-state index in [1.165, 1.54) is 0 Å². The van der Waals surface area contributed by atoms with E-state index in [2.05, 4.69) is 97.9 Å². The minimum Gasteiger partial charge on any atom is -0.489 e. The Morgan fingerprint density at radius 1 is 0.353 bits per heavy atom. The van der Waals surface area contributed by atoms with Crippen molar-refractivity contribution in [2.24, 2.45) is 0 Å². The molecule has 7 rings (SSSR count). The lowest BCUT2D eigenvalue weighted by atomic mass is 9.84. The van der Waals surface area contributed by atoms with Crippen molar-refractivity contribution in [2.45, 2.75) is 59.9 Å². The van der Waals surface area contributed by atoms with E-state index in [1.807, 2.05) is 146 Å². The topological polar surface area (TPSA) is 151 Å². The molecule has 0 aliphatic rings. The van der Waals surface area contributed by atoms with E-state index >= 15 is 0 Å². The van der Waals surface area contributed by atoms with Crippen molar-refractivity contribution < 1.29 is 28.6 Å². The Morgan fingerprint density at radius 2 is 0.632 bits per heavy atom. The summed E-state index contributed by atoms with van der Waals surface area (Å²) in [4.78, 5) is 38.7. The number of amides is 6. The number of hydrogen-bond acceptors (Lipinski definition) is 6. The van der Waals surface area contributed by atoms with Gasteiger partial charge in [-0.3, -0.25) is 0 Å². The van der Waals surface area contributed by atoms with Crippen LogP contribution in [0.15, 0.2) is 152 Å². The van der Waals surface area contributed by atoms with Gasteiger partial charge in [-0.05, 0) is 195 Å². The van der Waals surface area contributed by atoms with Crippen LogP contribution in [0.2, 0.25) is 0 Å². The maximum Gasteiger partial charge on any atom is 0.323 e. The van der Waals surface area contributed by atoms with E-state index in [4.69, 9.17) is 14.2 Å². The molecule has 12 nitrogen and oxygen atoms in total. The Labute approximate surface area is 424 Å². The molecule has 0 atom stereocenters. The third-order valence-electron chi connectivity index (χ3n) is 10.9. The first-order valence-electron chi connectivity index (χ1n) is 22.2. The van der Waals surface area contributed by atoms with Gasteiger partial charge in [0, 0.05) is 59.5 Å². The van der Waals surface area contributed by atoms with E-state index in [0.29, 0.717) is 70.6 Å². The summed E-state index contributed by atoms with van der Waals surface area (Å²) in [6.07, 6.45) is 2.12.